The van der Waals surface area contributed by atoms with Gasteiger partial charge in [-0.2, -0.15) is 4.36 Å². The number of benzene rings is 2. The standard InChI is InChI=1S/C39H47N3O5S2/c1-27-9-14-33-28(21-27)7-6-17-39(33)25-42-23-30-10-13-32(30)35(46-2)8-4-3-5-20-49(45,24-31(43)12-16-37-40-18-19-48-37)41-38(44)29-11-15-36(47-26-39)34(42)22-29/h4,8-9,11,14-15,18-19,21-22,30,32,35H,3,5-7,10,12-13,16-17,20,23-26H2,1-2H3/b8-4+/t30-,32+,35-,39-,49?/m0/s1. The first-order valence-corrected chi connectivity index (χ1v) is 20.5. The third-order valence-electron chi connectivity index (χ3n) is 11.0. The molecular weight excluding hydrogens is 655 g/mol. The van der Waals surface area contributed by atoms with Crippen molar-refractivity contribution in [1.29, 1.82) is 0 Å². The van der Waals surface area contributed by atoms with Crippen molar-refractivity contribution in [2.75, 3.05) is 43.2 Å². The van der Waals surface area contributed by atoms with Gasteiger partial charge in [-0.1, -0.05) is 35.9 Å². The number of aryl methyl sites for hydroxylation is 3. The van der Waals surface area contributed by atoms with E-state index in [0.29, 0.717) is 43.3 Å². The van der Waals surface area contributed by atoms with Crippen LogP contribution in [-0.2, 0) is 37.5 Å². The third-order valence-corrected chi connectivity index (χ3v) is 14.0. The van der Waals surface area contributed by atoms with Crippen LogP contribution in [0.2, 0.25) is 0 Å². The summed E-state index contributed by atoms with van der Waals surface area (Å²) in [6.07, 6.45) is 13.4. The van der Waals surface area contributed by atoms with Crippen LogP contribution in [0.1, 0.15) is 77.0 Å². The van der Waals surface area contributed by atoms with Gasteiger partial charge in [0.25, 0.3) is 5.91 Å². The Kier molecular flexibility index (Phi) is 10.1. The Bertz CT molecular complexity index is 1850. The maximum atomic E-state index is 14.3. The van der Waals surface area contributed by atoms with Gasteiger partial charge >= 0.3 is 0 Å². The number of ketones is 1. The summed E-state index contributed by atoms with van der Waals surface area (Å²) in [7, 11) is -1.35. The highest BCUT2D eigenvalue weighted by atomic mass is 32.2. The summed E-state index contributed by atoms with van der Waals surface area (Å²) in [6.45, 7) is 4.34. The van der Waals surface area contributed by atoms with Gasteiger partial charge in [-0.25, -0.2) is 9.19 Å². The molecule has 260 valence electrons. The molecule has 1 unspecified atom stereocenters. The molecule has 8 nitrogen and oxygen atoms in total. The number of hydrogen-bond donors (Lipinski definition) is 0. The van der Waals surface area contributed by atoms with E-state index in [1.54, 1.807) is 19.4 Å². The Labute approximate surface area is 294 Å². The van der Waals surface area contributed by atoms with Crippen molar-refractivity contribution in [2.45, 2.75) is 76.2 Å². The summed E-state index contributed by atoms with van der Waals surface area (Å²) in [4.78, 5) is 33.7. The fourth-order valence-electron chi connectivity index (χ4n) is 8.30. The number of ether oxygens (including phenoxy) is 2. The molecule has 7 rings (SSSR count). The minimum Gasteiger partial charge on any atom is -0.490 e. The van der Waals surface area contributed by atoms with Crippen LogP contribution in [0.25, 0.3) is 0 Å². The van der Waals surface area contributed by atoms with Crippen LogP contribution in [0.15, 0.2) is 64.5 Å². The predicted octanol–water partition coefficient (Wildman–Crippen LogP) is 7.13. The fraction of sp³-hybridized carbons (Fsp3) is 0.513. The second-order valence-corrected chi connectivity index (χ2v) is 17.8. The Morgan fingerprint density at radius 2 is 2.08 bits per heavy atom. The summed E-state index contributed by atoms with van der Waals surface area (Å²) < 4.78 is 31.4. The Morgan fingerprint density at radius 3 is 2.88 bits per heavy atom. The molecule has 2 bridgehead atoms. The summed E-state index contributed by atoms with van der Waals surface area (Å²) in [6, 6.07) is 12.4. The van der Waals surface area contributed by atoms with E-state index < -0.39 is 15.6 Å². The van der Waals surface area contributed by atoms with E-state index in [2.05, 4.69) is 51.5 Å². The van der Waals surface area contributed by atoms with E-state index >= 15 is 0 Å². The monoisotopic (exact) mass is 701 g/mol. The van der Waals surface area contributed by atoms with E-state index in [4.69, 9.17) is 9.47 Å². The van der Waals surface area contributed by atoms with Crippen molar-refractivity contribution in [1.82, 2.24) is 4.98 Å². The average Bonchev–Trinajstić information content (AvgIpc) is 3.55. The van der Waals surface area contributed by atoms with E-state index in [0.717, 1.165) is 61.6 Å². The first-order valence-electron chi connectivity index (χ1n) is 17.7. The van der Waals surface area contributed by atoms with Gasteiger partial charge < -0.3 is 14.4 Å². The number of hydrogen-bond acceptors (Lipinski definition) is 8. The second-order valence-electron chi connectivity index (χ2n) is 14.4. The van der Waals surface area contributed by atoms with Crippen LogP contribution >= 0.6 is 11.3 Å². The lowest BCUT2D eigenvalue weighted by Gasteiger charge is -2.46. The van der Waals surface area contributed by atoms with E-state index in [1.165, 1.54) is 28.0 Å². The number of nitrogens with zero attached hydrogens (tertiary/aromatic N) is 3. The molecule has 0 saturated heterocycles. The van der Waals surface area contributed by atoms with Crippen molar-refractivity contribution < 1.29 is 23.3 Å². The smallest absolute Gasteiger partial charge is 0.285 e. The molecule has 49 heavy (non-hydrogen) atoms. The summed E-state index contributed by atoms with van der Waals surface area (Å²) in [5, 5.41) is 2.75. The zero-order chi connectivity index (χ0) is 34.0. The van der Waals surface area contributed by atoms with Crippen molar-refractivity contribution >= 4 is 38.4 Å². The molecule has 0 N–H and O–H groups in total. The number of carbonyl (C=O) groups excluding carboxylic acids is 2. The van der Waals surface area contributed by atoms with Gasteiger partial charge in [0.15, 0.2) is 0 Å². The summed E-state index contributed by atoms with van der Waals surface area (Å²) in [5.74, 6) is 0.819. The van der Waals surface area contributed by atoms with Gasteiger partial charge in [0, 0.05) is 61.3 Å². The van der Waals surface area contributed by atoms with E-state index in [-0.39, 0.29) is 35.2 Å². The molecule has 1 fully saturated rings. The number of carbonyl (C=O) groups is 2. The number of amides is 1. The Hall–Kier alpha value is -3.34. The Balaban J connectivity index is 1.25. The molecular formula is C39H47N3O5S2. The molecule has 0 radical (unpaired) electrons. The maximum Gasteiger partial charge on any atom is 0.285 e. The fourth-order valence-corrected chi connectivity index (χ4v) is 10.9. The minimum absolute atomic E-state index is 0.00362. The third kappa shape index (κ3) is 7.42. The SMILES string of the molecule is CO[C@H]1/C=C/CCCS(=O)(CC(=O)CCc2nccs2)=NC(=O)c2ccc3c(c2)N(C[C@@H]2CC[C@H]21)C[C@@]1(CCCc2cc(C)ccc21)CO3. The summed E-state index contributed by atoms with van der Waals surface area (Å²) in [5.41, 5.74) is 5.13. The molecule has 1 spiro atoms. The molecule has 5 atom stereocenters. The van der Waals surface area contributed by atoms with E-state index in [1.807, 2.05) is 17.5 Å². The van der Waals surface area contributed by atoms with Gasteiger partial charge in [0.1, 0.15) is 11.5 Å². The number of thiazole rings is 1. The number of rotatable bonds is 6. The van der Waals surface area contributed by atoms with Crippen LogP contribution in [0.4, 0.5) is 5.69 Å². The largest absolute Gasteiger partial charge is 0.490 e. The zero-order valence-electron chi connectivity index (χ0n) is 28.6. The first kappa shape index (κ1) is 34.1. The zero-order valence-corrected chi connectivity index (χ0v) is 30.2. The molecule has 1 amide bonds. The maximum absolute atomic E-state index is 14.3. The van der Waals surface area contributed by atoms with Crippen LogP contribution in [0.3, 0.4) is 0 Å². The number of methoxy groups -OCH3 is 1. The Morgan fingerprint density at radius 1 is 1.18 bits per heavy atom. The van der Waals surface area contributed by atoms with Crippen LogP contribution in [0.5, 0.6) is 5.75 Å². The number of aromatic nitrogens is 1. The number of fused-ring (bicyclic) bond motifs is 4. The van der Waals surface area contributed by atoms with Gasteiger partial charge in [0.2, 0.25) is 0 Å². The van der Waals surface area contributed by atoms with Crippen molar-refractivity contribution in [2.24, 2.45) is 16.2 Å². The van der Waals surface area contributed by atoms with Gasteiger partial charge in [-0.05, 0) is 93.0 Å². The highest BCUT2D eigenvalue weighted by molar-refractivity contribution is 7.94. The predicted molar refractivity (Wildman–Crippen MR) is 195 cm³/mol. The van der Waals surface area contributed by atoms with Gasteiger partial charge in [0.05, 0.1) is 38.9 Å². The highest BCUT2D eigenvalue weighted by Gasteiger charge is 2.44. The van der Waals surface area contributed by atoms with Crippen molar-refractivity contribution in [3.05, 3.63) is 87.4 Å². The number of anilines is 1. The quantitative estimate of drug-likeness (QED) is 0.253. The molecule has 1 aromatic heterocycles. The van der Waals surface area contributed by atoms with Crippen molar-refractivity contribution in [3.8, 4) is 5.75 Å². The average molecular weight is 702 g/mol. The molecule has 1 saturated carbocycles. The van der Waals surface area contributed by atoms with Gasteiger partial charge in [-0.3, -0.25) is 9.59 Å². The molecule has 2 aromatic carbocycles. The first-order chi connectivity index (χ1) is 23.7. The summed E-state index contributed by atoms with van der Waals surface area (Å²) >= 11 is 1.50. The normalized spacial score (nSPS) is 29.1. The number of allylic oxidation sites excluding steroid dienone is 1. The minimum atomic E-state index is -3.14. The lowest BCUT2D eigenvalue weighted by atomic mass is 9.68. The van der Waals surface area contributed by atoms with Crippen LogP contribution < -0.4 is 9.64 Å². The molecule has 2 aliphatic heterocycles. The molecule has 3 aromatic rings. The van der Waals surface area contributed by atoms with E-state index in [9.17, 15) is 13.8 Å². The van der Waals surface area contributed by atoms with Gasteiger partial charge in [-0.15, -0.1) is 11.3 Å². The molecule has 3 heterocycles. The lowest BCUT2D eigenvalue weighted by molar-refractivity contribution is -0.116. The lowest BCUT2D eigenvalue weighted by Crippen LogP contribution is -2.49. The molecule has 4 aliphatic rings. The molecule has 2 aliphatic carbocycles. The topological polar surface area (TPSA) is 98.2 Å². The molecule has 10 heteroatoms. The number of Topliss-reactive ketones (excluding diaryl/α,β-unsaturated/α-hetero) is 1. The highest BCUT2D eigenvalue weighted by Crippen LogP contribution is 2.47. The van der Waals surface area contributed by atoms with Crippen LogP contribution in [0, 0.1) is 18.8 Å². The van der Waals surface area contributed by atoms with Crippen molar-refractivity contribution in [3.63, 3.8) is 0 Å². The second kappa shape index (κ2) is 14.5. The van der Waals surface area contributed by atoms with Crippen LogP contribution in [-0.4, -0.2) is 65.3 Å².